The van der Waals surface area contributed by atoms with Crippen molar-refractivity contribution in [3.05, 3.63) is 26.5 Å². The van der Waals surface area contributed by atoms with Gasteiger partial charge in [-0.25, -0.2) is 4.79 Å². The average Bonchev–Trinajstić information content (AvgIpc) is 2.94. The summed E-state index contributed by atoms with van der Waals surface area (Å²) in [4.78, 5) is 11.4. The van der Waals surface area contributed by atoms with Crippen LogP contribution in [0.15, 0.2) is 12.3 Å². The minimum atomic E-state index is -1.02. The summed E-state index contributed by atoms with van der Waals surface area (Å²) in [5.74, 6) is -1.02. The fraction of sp³-hybridized carbons (Fsp3) is 0.385. The van der Waals surface area contributed by atoms with E-state index in [0.29, 0.717) is 19.9 Å². The van der Waals surface area contributed by atoms with E-state index in [1.54, 1.807) is 16.9 Å². The number of carboxylic acids is 1. The van der Waals surface area contributed by atoms with Gasteiger partial charge in [0.05, 0.1) is 10.4 Å². The number of hydrogen-bond acceptors (Lipinski definition) is 3. The van der Waals surface area contributed by atoms with Crippen LogP contribution in [0.5, 0.6) is 0 Å². The number of carbonyl (C=O) groups is 1. The maximum absolute atomic E-state index is 11.4. The third kappa shape index (κ3) is 2.85. The molecule has 0 aliphatic rings. The molecule has 0 bridgehead atoms. The number of aromatic carboxylic acids is 1. The highest BCUT2D eigenvalue weighted by Gasteiger charge is 2.22. The van der Waals surface area contributed by atoms with Gasteiger partial charge in [-0.05, 0) is 18.9 Å². The number of nitrogens with zero attached hydrogens (tertiary/aromatic N) is 2. The zero-order chi connectivity index (χ0) is 14.9. The Bertz CT molecular complexity index is 632. The number of rotatable bonds is 5. The van der Waals surface area contributed by atoms with Crippen LogP contribution in [0.2, 0.25) is 8.67 Å². The van der Waals surface area contributed by atoms with E-state index in [2.05, 4.69) is 5.10 Å². The Morgan fingerprint density at radius 3 is 2.55 bits per heavy atom. The molecule has 2 aromatic rings. The van der Waals surface area contributed by atoms with Crippen LogP contribution in [-0.2, 0) is 0 Å². The van der Waals surface area contributed by atoms with Crippen LogP contribution in [0, 0.1) is 0 Å². The monoisotopic (exact) mass is 332 g/mol. The SMILES string of the molecule is CCC(CC)n1cc(C(=O)O)c(-c2cc(Cl)sc2Cl)n1. The zero-order valence-electron chi connectivity index (χ0n) is 11.1. The first-order valence-corrected chi connectivity index (χ1v) is 7.82. The summed E-state index contributed by atoms with van der Waals surface area (Å²) in [5, 5.41) is 13.8. The Morgan fingerprint density at radius 1 is 1.45 bits per heavy atom. The Morgan fingerprint density at radius 2 is 2.10 bits per heavy atom. The summed E-state index contributed by atoms with van der Waals surface area (Å²) in [6, 6.07) is 1.83. The highest BCUT2D eigenvalue weighted by molar-refractivity contribution is 7.20. The van der Waals surface area contributed by atoms with Crippen molar-refractivity contribution in [2.45, 2.75) is 32.7 Å². The normalized spacial score (nSPS) is 11.2. The molecule has 0 atom stereocenters. The maximum Gasteiger partial charge on any atom is 0.339 e. The van der Waals surface area contributed by atoms with Crippen molar-refractivity contribution in [3.8, 4) is 11.3 Å². The fourth-order valence-corrected chi connectivity index (χ4v) is 3.56. The van der Waals surface area contributed by atoms with E-state index in [1.165, 1.54) is 11.3 Å². The van der Waals surface area contributed by atoms with Crippen LogP contribution < -0.4 is 0 Å². The summed E-state index contributed by atoms with van der Waals surface area (Å²) in [6.45, 7) is 4.09. The minimum absolute atomic E-state index is 0.147. The molecular weight excluding hydrogens is 319 g/mol. The molecule has 0 aromatic carbocycles. The first-order valence-electron chi connectivity index (χ1n) is 6.25. The molecule has 4 nitrogen and oxygen atoms in total. The van der Waals surface area contributed by atoms with Gasteiger partial charge in [-0.15, -0.1) is 11.3 Å². The predicted octanol–water partition coefficient (Wildman–Crippen LogP) is 4.98. The number of aromatic nitrogens is 2. The molecule has 2 aromatic heterocycles. The quantitative estimate of drug-likeness (QED) is 0.840. The van der Waals surface area contributed by atoms with Crippen LogP contribution in [0.1, 0.15) is 43.1 Å². The summed E-state index contributed by atoms with van der Waals surface area (Å²) >= 11 is 13.2. The van der Waals surface area contributed by atoms with Gasteiger partial charge in [0.1, 0.15) is 15.6 Å². The third-order valence-electron chi connectivity index (χ3n) is 3.19. The molecule has 0 unspecified atom stereocenters. The number of hydrogen-bond donors (Lipinski definition) is 1. The van der Waals surface area contributed by atoms with Gasteiger partial charge in [-0.1, -0.05) is 37.0 Å². The summed E-state index contributed by atoms with van der Waals surface area (Å²) < 4.78 is 2.67. The molecule has 2 rings (SSSR count). The van der Waals surface area contributed by atoms with Crippen molar-refractivity contribution >= 4 is 40.5 Å². The smallest absolute Gasteiger partial charge is 0.339 e. The standard InChI is InChI=1S/C13H14Cl2N2O2S/c1-3-7(4-2)17-6-9(13(18)19)11(16-17)8-5-10(14)20-12(8)15/h5-7H,3-4H2,1-2H3,(H,18,19). The molecule has 20 heavy (non-hydrogen) atoms. The van der Waals surface area contributed by atoms with Gasteiger partial charge in [-0.3, -0.25) is 4.68 Å². The van der Waals surface area contributed by atoms with Crippen LogP contribution >= 0.6 is 34.5 Å². The lowest BCUT2D eigenvalue weighted by Crippen LogP contribution is -2.07. The van der Waals surface area contributed by atoms with Crippen LogP contribution in [-0.4, -0.2) is 20.9 Å². The Kier molecular flexibility index (Phi) is 4.73. The van der Waals surface area contributed by atoms with Crippen LogP contribution in [0.25, 0.3) is 11.3 Å². The molecule has 0 amide bonds. The van der Waals surface area contributed by atoms with Crippen molar-refractivity contribution in [3.63, 3.8) is 0 Å². The highest BCUT2D eigenvalue weighted by Crippen LogP contribution is 2.39. The van der Waals surface area contributed by atoms with Gasteiger partial charge in [0.15, 0.2) is 0 Å². The van der Waals surface area contributed by atoms with Gasteiger partial charge < -0.3 is 5.11 Å². The number of thiophene rings is 1. The number of halogens is 2. The predicted molar refractivity (Wildman–Crippen MR) is 82.1 cm³/mol. The zero-order valence-corrected chi connectivity index (χ0v) is 13.4. The van der Waals surface area contributed by atoms with Gasteiger partial charge in [-0.2, -0.15) is 5.10 Å². The second-order valence-electron chi connectivity index (χ2n) is 4.38. The molecule has 108 valence electrons. The lowest BCUT2D eigenvalue weighted by atomic mass is 10.1. The number of carboxylic acid groups (broad SMARTS) is 1. The molecular formula is C13H14Cl2N2O2S. The van der Waals surface area contributed by atoms with Crippen LogP contribution in [0.4, 0.5) is 0 Å². The largest absolute Gasteiger partial charge is 0.478 e. The second kappa shape index (κ2) is 6.16. The molecule has 0 aliphatic carbocycles. The molecule has 0 aliphatic heterocycles. The summed E-state index contributed by atoms with van der Waals surface area (Å²) in [6.07, 6.45) is 3.33. The summed E-state index contributed by atoms with van der Waals surface area (Å²) in [7, 11) is 0. The van der Waals surface area contributed by atoms with Crippen molar-refractivity contribution in [2.24, 2.45) is 0 Å². The molecule has 2 heterocycles. The third-order valence-corrected chi connectivity index (χ3v) is 4.68. The lowest BCUT2D eigenvalue weighted by molar-refractivity contribution is 0.0697. The molecule has 7 heteroatoms. The highest BCUT2D eigenvalue weighted by atomic mass is 35.5. The average molecular weight is 333 g/mol. The van der Waals surface area contributed by atoms with E-state index in [1.807, 2.05) is 13.8 Å². The van der Waals surface area contributed by atoms with Crippen molar-refractivity contribution in [1.29, 1.82) is 0 Å². The van der Waals surface area contributed by atoms with E-state index >= 15 is 0 Å². The molecule has 0 fully saturated rings. The fourth-order valence-electron chi connectivity index (χ4n) is 2.10. The van der Waals surface area contributed by atoms with Gasteiger partial charge >= 0.3 is 5.97 Å². The first kappa shape index (κ1) is 15.4. The van der Waals surface area contributed by atoms with E-state index in [4.69, 9.17) is 23.2 Å². The molecule has 0 saturated carbocycles. The van der Waals surface area contributed by atoms with Crippen LogP contribution in [0.3, 0.4) is 0 Å². The topological polar surface area (TPSA) is 55.1 Å². The van der Waals surface area contributed by atoms with Crippen molar-refractivity contribution < 1.29 is 9.90 Å². The Labute approximate surface area is 130 Å². The molecule has 1 N–H and O–H groups in total. The van der Waals surface area contributed by atoms with Gasteiger partial charge in [0.25, 0.3) is 0 Å². The summed E-state index contributed by atoms with van der Waals surface area (Å²) in [5.41, 5.74) is 1.09. The van der Waals surface area contributed by atoms with E-state index in [9.17, 15) is 9.90 Å². The molecule has 0 saturated heterocycles. The lowest BCUT2D eigenvalue weighted by Gasteiger charge is -2.12. The Balaban J connectivity index is 2.57. The molecule has 0 radical (unpaired) electrons. The van der Waals surface area contributed by atoms with Crippen molar-refractivity contribution in [2.75, 3.05) is 0 Å². The van der Waals surface area contributed by atoms with Gasteiger partial charge in [0, 0.05) is 11.8 Å². The molecule has 0 spiro atoms. The second-order valence-corrected chi connectivity index (χ2v) is 6.67. The van der Waals surface area contributed by atoms with E-state index in [0.717, 1.165) is 12.8 Å². The van der Waals surface area contributed by atoms with Crippen molar-refractivity contribution in [1.82, 2.24) is 9.78 Å². The Hall–Kier alpha value is -1.04. The maximum atomic E-state index is 11.4. The minimum Gasteiger partial charge on any atom is -0.478 e. The van der Waals surface area contributed by atoms with E-state index < -0.39 is 5.97 Å². The van der Waals surface area contributed by atoms with E-state index in [-0.39, 0.29) is 11.6 Å². The first-order chi connectivity index (χ1) is 9.47. The van der Waals surface area contributed by atoms with Gasteiger partial charge in [0.2, 0.25) is 0 Å².